The monoisotopic (exact) mass is 528 g/mol. The van der Waals surface area contributed by atoms with Crippen LogP contribution in [0.15, 0.2) is 60.2 Å². The van der Waals surface area contributed by atoms with Crippen molar-refractivity contribution in [2.45, 2.75) is 33.6 Å². The van der Waals surface area contributed by atoms with Gasteiger partial charge in [0.15, 0.2) is 11.5 Å². The number of benzene rings is 3. The highest BCUT2D eigenvalue weighted by Crippen LogP contribution is 2.38. The lowest BCUT2D eigenvalue weighted by Gasteiger charge is -2.15. The third-order valence-electron chi connectivity index (χ3n) is 5.41. The van der Waals surface area contributed by atoms with Crippen molar-refractivity contribution >= 4 is 29.3 Å². The van der Waals surface area contributed by atoms with Crippen molar-refractivity contribution in [2.24, 2.45) is 0 Å². The summed E-state index contributed by atoms with van der Waals surface area (Å²) in [5, 5.41) is 12.0. The van der Waals surface area contributed by atoms with Gasteiger partial charge >= 0.3 is 6.18 Å². The molecule has 5 nitrogen and oxygen atoms in total. The van der Waals surface area contributed by atoms with Crippen LogP contribution >= 0.6 is 11.6 Å². The summed E-state index contributed by atoms with van der Waals surface area (Å²) in [6.45, 7) is 6.37. The van der Waals surface area contributed by atoms with E-state index >= 15 is 0 Å². The quantitative estimate of drug-likeness (QED) is 0.243. The lowest BCUT2D eigenvalue weighted by molar-refractivity contribution is -0.137. The number of nitriles is 1. The zero-order valence-electron chi connectivity index (χ0n) is 20.4. The summed E-state index contributed by atoms with van der Waals surface area (Å²) >= 11 is 6.46. The maximum atomic E-state index is 13.0. The van der Waals surface area contributed by atoms with Crippen molar-refractivity contribution in [3.8, 4) is 17.6 Å². The van der Waals surface area contributed by atoms with E-state index in [9.17, 15) is 23.2 Å². The molecule has 0 unspecified atom stereocenters. The van der Waals surface area contributed by atoms with Crippen molar-refractivity contribution in [1.82, 2.24) is 0 Å². The third-order valence-corrected chi connectivity index (χ3v) is 5.69. The van der Waals surface area contributed by atoms with E-state index in [1.54, 1.807) is 19.1 Å². The molecule has 0 aliphatic rings. The Kier molecular flexibility index (Phi) is 8.85. The van der Waals surface area contributed by atoms with Gasteiger partial charge < -0.3 is 14.8 Å². The molecule has 0 aliphatic carbocycles. The van der Waals surface area contributed by atoms with E-state index in [4.69, 9.17) is 21.1 Å². The largest absolute Gasteiger partial charge is 0.490 e. The van der Waals surface area contributed by atoms with Crippen LogP contribution < -0.4 is 14.8 Å². The SMILES string of the molecule is CCOc1cc(/C=C(\C#N)C(=O)Nc2cccc(C(F)(F)F)c2)cc(Cl)c1OCc1ccc(C)c(C)c1. The first kappa shape index (κ1) is 27.6. The molecule has 0 aromatic heterocycles. The zero-order valence-corrected chi connectivity index (χ0v) is 21.1. The number of nitrogens with zero attached hydrogens (tertiary/aromatic N) is 1. The van der Waals surface area contributed by atoms with E-state index in [1.165, 1.54) is 29.8 Å². The summed E-state index contributed by atoms with van der Waals surface area (Å²) in [7, 11) is 0. The second-order valence-corrected chi connectivity index (χ2v) is 8.58. The first-order valence-electron chi connectivity index (χ1n) is 11.3. The Morgan fingerprint density at radius 3 is 2.49 bits per heavy atom. The van der Waals surface area contributed by atoms with Crippen molar-refractivity contribution in [3.05, 3.63) is 93.0 Å². The number of aryl methyl sites for hydroxylation is 2. The molecule has 0 bridgehead atoms. The van der Waals surface area contributed by atoms with Crippen LogP contribution in [-0.4, -0.2) is 12.5 Å². The molecular weight excluding hydrogens is 505 g/mol. The number of carbonyl (C=O) groups excluding carboxylic acids is 1. The van der Waals surface area contributed by atoms with Gasteiger partial charge in [-0.15, -0.1) is 0 Å². The van der Waals surface area contributed by atoms with Gasteiger partial charge in [0.2, 0.25) is 0 Å². The fourth-order valence-corrected chi connectivity index (χ4v) is 3.68. The van der Waals surface area contributed by atoms with Crippen LogP contribution in [0.25, 0.3) is 6.08 Å². The smallest absolute Gasteiger partial charge is 0.416 e. The highest BCUT2D eigenvalue weighted by Gasteiger charge is 2.30. The van der Waals surface area contributed by atoms with Gasteiger partial charge in [0.25, 0.3) is 5.91 Å². The van der Waals surface area contributed by atoms with E-state index in [0.717, 1.165) is 23.3 Å². The lowest BCUT2D eigenvalue weighted by atomic mass is 10.1. The lowest BCUT2D eigenvalue weighted by Crippen LogP contribution is -2.14. The first-order valence-corrected chi connectivity index (χ1v) is 11.6. The standard InChI is InChI=1S/C28H24ClF3N2O3/c1-4-36-25-13-20(12-24(29)26(25)37-16-19-9-8-17(2)18(3)10-19)11-21(15-33)27(35)34-23-7-5-6-22(14-23)28(30,31)32/h5-14H,4,16H2,1-3H3,(H,34,35)/b21-11+. The molecule has 0 radical (unpaired) electrons. The minimum absolute atomic E-state index is 0.0934. The Bertz CT molecular complexity index is 1380. The van der Waals surface area contributed by atoms with E-state index in [2.05, 4.69) is 5.32 Å². The molecule has 37 heavy (non-hydrogen) atoms. The van der Waals surface area contributed by atoms with Gasteiger partial charge in [-0.2, -0.15) is 18.4 Å². The van der Waals surface area contributed by atoms with Crippen molar-refractivity contribution in [3.63, 3.8) is 0 Å². The van der Waals surface area contributed by atoms with Crippen LogP contribution in [0, 0.1) is 25.2 Å². The summed E-state index contributed by atoms with van der Waals surface area (Å²) in [5.74, 6) is -0.238. The van der Waals surface area contributed by atoms with Crippen LogP contribution in [0.4, 0.5) is 18.9 Å². The average Bonchev–Trinajstić information content (AvgIpc) is 2.84. The molecule has 0 saturated heterocycles. The number of halogens is 4. The molecule has 3 aromatic carbocycles. The predicted octanol–water partition coefficient (Wildman–Crippen LogP) is 7.50. The van der Waals surface area contributed by atoms with Crippen LogP contribution in [0.5, 0.6) is 11.5 Å². The minimum Gasteiger partial charge on any atom is -0.490 e. The number of rotatable bonds is 8. The van der Waals surface area contributed by atoms with Crippen LogP contribution in [-0.2, 0) is 17.6 Å². The van der Waals surface area contributed by atoms with E-state index in [-0.39, 0.29) is 22.9 Å². The highest BCUT2D eigenvalue weighted by molar-refractivity contribution is 6.32. The van der Waals surface area contributed by atoms with Crippen molar-refractivity contribution in [2.75, 3.05) is 11.9 Å². The van der Waals surface area contributed by atoms with Crippen molar-refractivity contribution in [1.29, 1.82) is 5.26 Å². The molecule has 9 heteroatoms. The second-order valence-electron chi connectivity index (χ2n) is 8.17. The Morgan fingerprint density at radius 2 is 1.84 bits per heavy atom. The van der Waals surface area contributed by atoms with Gasteiger partial charge in [-0.3, -0.25) is 4.79 Å². The molecular formula is C28H24ClF3N2O3. The minimum atomic E-state index is -4.57. The molecule has 1 amide bonds. The fraction of sp³-hybridized carbons (Fsp3) is 0.214. The van der Waals surface area contributed by atoms with Gasteiger partial charge in [-0.25, -0.2) is 0 Å². The maximum absolute atomic E-state index is 13.0. The summed E-state index contributed by atoms with van der Waals surface area (Å²) in [6.07, 6.45) is -3.30. The Morgan fingerprint density at radius 1 is 1.08 bits per heavy atom. The number of amides is 1. The van der Waals surface area contributed by atoms with E-state index in [0.29, 0.717) is 23.7 Å². The molecule has 0 atom stereocenters. The van der Waals surface area contributed by atoms with Crippen LogP contribution in [0.1, 0.15) is 34.7 Å². The number of hydrogen-bond donors (Lipinski definition) is 1. The molecule has 192 valence electrons. The molecule has 3 aromatic rings. The normalized spacial score (nSPS) is 11.6. The molecule has 3 rings (SSSR count). The topological polar surface area (TPSA) is 71.3 Å². The third kappa shape index (κ3) is 7.28. The summed E-state index contributed by atoms with van der Waals surface area (Å²) in [6, 6.07) is 15.0. The van der Waals surface area contributed by atoms with Gasteiger partial charge in [0.1, 0.15) is 18.2 Å². The number of carbonyl (C=O) groups is 1. The zero-order chi connectivity index (χ0) is 27.2. The van der Waals surface area contributed by atoms with Gasteiger partial charge in [-0.05, 0) is 79.4 Å². The van der Waals surface area contributed by atoms with E-state index in [1.807, 2.05) is 32.0 Å². The van der Waals surface area contributed by atoms with Gasteiger partial charge in [0.05, 0.1) is 17.2 Å². The van der Waals surface area contributed by atoms with Crippen LogP contribution in [0.3, 0.4) is 0 Å². The van der Waals surface area contributed by atoms with Crippen LogP contribution in [0.2, 0.25) is 5.02 Å². The number of alkyl halides is 3. The summed E-state index contributed by atoms with van der Waals surface area (Å²) < 4.78 is 50.5. The molecule has 0 aliphatic heterocycles. The number of ether oxygens (including phenoxy) is 2. The Hall–Kier alpha value is -3.96. The predicted molar refractivity (Wildman–Crippen MR) is 137 cm³/mol. The fourth-order valence-electron chi connectivity index (χ4n) is 3.41. The summed E-state index contributed by atoms with van der Waals surface area (Å²) in [5.41, 5.74) is 2.27. The molecule has 1 N–H and O–H groups in total. The Balaban J connectivity index is 1.84. The highest BCUT2D eigenvalue weighted by atomic mass is 35.5. The van der Waals surface area contributed by atoms with Gasteiger partial charge in [-0.1, -0.05) is 35.9 Å². The first-order chi connectivity index (χ1) is 17.5. The summed E-state index contributed by atoms with van der Waals surface area (Å²) in [4.78, 5) is 12.6. The average molecular weight is 529 g/mol. The molecule has 0 saturated carbocycles. The molecule has 0 spiro atoms. The van der Waals surface area contributed by atoms with E-state index < -0.39 is 17.6 Å². The Labute approximate surface area is 218 Å². The maximum Gasteiger partial charge on any atom is 0.416 e. The van der Waals surface area contributed by atoms with Gasteiger partial charge in [0, 0.05) is 5.69 Å². The molecule has 0 fully saturated rings. The molecule has 0 heterocycles. The second kappa shape index (κ2) is 11.8. The number of hydrogen-bond acceptors (Lipinski definition) is 4. The van der Waals surface area contributed by atoms with Crippen molar-refractivity contribution < 1.29 is 27.4 Å². The number of nitrogens with one attached hydrogen (secondary N) is 1. The number of anilines is 1.